The molecule has 7 nitrogen and oxygen atoms in total. The predicted octanol–water partition coefficient (Wildman–Crippen LogP) is 6.39. The van der Waals surface area contributed by atoms with Crippen molar-refractivity contribution in [3.05, 3.63) is 87.8 Å². The van der Waals surface area contributed by atoms with E-state index < -0.39 is 0 Å². The zero-order valence-electron chi connectivity index (χ0n) is 25.1. The van der Waals surface area contributed by atoms with Crippen LogP contribution in [-0.2, 0) is 0 Å². The van der Waals surface area contributed by atoms with Gasteiger partial charge >= 0.3 is 0 Å². The molecule has 5 heterocycles. The van der Waals surface area contributed by atoms with Gasteiger partial charge in [-0.2, -0.15) is 0 Å². The summed E-state index contributed by atoms with van der Waals surface area (Å²) in [6.07, 6.45) is 2.51. The number of ether oxygens (including phenoxy) is 1. The highest BCUT2D eigenvalue weighted by Crippen LogP contribution is 2.39. The summed E-state index contributed by atoms with van der Waals surface area (Å²) in [5.74, 6) is 4.25. The average Bonchev–Trinajstić information content (AvgIpc) is 3.48. The van der Waals surface area contributed by atoms with Crippen molar-refractivity contribution in [1.29, 1.82) is 0 Å². The van der Waals surface area contributed by atoms with E-state index in [0.717, 1.165) is 48.7 Å². The molecule has 3 aliphatic heterocycles. The van der Waals surface area contributed by atoms with Gasteiger partial charge in [0.2, 0.25) is 0 Å². The van der Waals surface area contributed by atoms with Gasteiger partial charge in [-0.15, -0.1) is 21.5 Å². The number of hydrogen-bond donors (Lipinski definition) is 0. The number of rotatable bonds is 7. The van der Waals surface area contributed by atoms with Crippen LogP contribution in [0, 0.1) is 32.6 Å². The standard InChI is InChI=1S/C34H40N6OS/c1-22-24(3)42-34-31(22)32(35-23(2)33-37-36-25(4)40(33)34)28-10-12-29(13-11-28)39-16-14-26(15-17-39)18-38-19-27(20-38)21-41-30-8-6-5-7-9-30/h5-13,23,26-27H,14-21H2,1-4H3/t23-/m0/s1. The van der Waals surface area contributed by atoms with Crippen LogP contribution in [0.25, 0.3) is 5.00 Å². The largest absolute Gasteiger partial charge is 0.493 e. The lowest BCUT2D eigenvalue weighted by Gasteiger charge is -2.43. The molecule has 2 aromatic heterocycles. The number of hydrogen-bond acceptors (Lipinski definition) is 7. The molecule has 0 unspecified atom stereocenters. The van der Waals surface area contributed by atoms with E-state index in [0.29, 0.717) is 5.92 Å². The van der Waals surface area contributed by atoms with E-state index in [-0.39, 0.29) is 6.04 Å². The summed E-state index contributed by atoms with van der Waals surface area (Å²) in [5.41, 5.74) is 6.07. The number of likely N-dealkylation sites (tertiary alicyclic amines) is 1. The minimum Gasteiger partial charge on any atom is -0.493 e. The molecule has 0 saturated carbocycles. The number of piperidine rings is 1. The first-order valence-electron chi connectivity index (χ1n) is 15.3. The first-order chi connectivity index (χ1) is 20.4. The van der Waals surface area contributed by atoms with Gasteiger partial charge in [-0.25, -0.2) is 0 Å². The van der Waals surface area contributed by atoms with Gasteiger partial charge in [0.1, 0.15) is 22.6 Å². The Kier molecular flexibility index (Phi) is 7.36. The van der Waals surface area contributed by atoms with Crippen molar-refractivity contribution in [2.24, 2.45) is 16.8 Å². The number of aliphatic imine (C=N–C) groups is 1. The second-order valence-corrected chi connectivity index (χ2v) is 13.4. The Labute approximate surface area is 252 Å². The Bertz CT molecular complexity index is 1580. The number of anilines is 1. The monoisotopic (exact) mass is 580 g/mol. The van der Waals surface area contributed by atoms with Gasteiger partial charge in [-0.05, 0) is 76.3 Å². The Morgan fingerprint density at radius 3 is 2.38 bits per heavy atom. The molecule has 0 amide bonds. The molecule has 2 fully saturated rings. The number of benzene rings is 2. The third-order valence-electron chi connectivity index (χ3n) is 9.25. The van der Waals surface area contributed by atoms with Crippen molar-refractivity contribution < 1.29 is 4.74 Å². The van der Waals surface area contributed by atoms with Crippen LogP contribution in [0.3, 0.4) is 0 Å². The third kappa shape index (κ3) is 5.15. The highest BCUT2D eigenvalue weighted by atomic mass is 32.1. The molecule has 7 rings (SSSR count). The number of aromatic nitrogens is 3. The third-order valence-corrected chi connectivity index (χ3v) is 10.4. The van der Waals surface area contributed by atoms with Crippen LogP contribution in [0.4, 0.5) is 5.69 Å². The van der Waals surface area contributed by atoms with E-state index in [1.807, 2.05) is 48.6 Å². The number of para-hydroxylation sites is 1. The quantitative estimate of drug-likeness (QED) is 0.253. The topological polar surface area (TPSA) is 58.8 Å². The lowest BCUT2D eigenvalue weighted by atomic mass is 9.92. The average molecular weight is 581 g/mol. The van der Waals surface area contributed by atoms with E-state index in [4.69, 9.17) is 9.73 Å². The zero-order valence-corrected chi connectivity index (χ0v) is 25.9. The van der Waals surface area contributed by atoms with Crippen LogP contribution in [0.15, 0.2) is 59.6 Å². The number of thiophene rings is 1. The summed E-state index contributed by atoms with van der Waals surface area (Å²) in [6.45, 7) is 15.2. The van der Waals surface area contributed by atoms with Crippen LogP contribution in [0.1, 0.15) is 59.0 Å². The first kappa shape index (κ1) is 27.3. The van der Waals surface area contributed by atoms with Crippen molar-refractivity contribution in [3.8, 4) is 10.8 Å². The van der Waals surface area contributed by atoms with E-state index in [9.17, 15) is 0 Å². The molecule has 0 bridgehead atoms. The summed E-state index contributed by atoms with van der Waals surface area (Å²) >= 11 is 1.81. The fourth-order valence-electron chi connectivity index (χ4n) is 6.71. The van der Waals surface area contributed by atoms with Crippen LogP contribution < -0.4 is 9.64 Å². The Morgan fingerprint density at radius 1 is 0.905 bits per heavy atom. The van der Waals surface area contributed by atoms with Crippen molar-refractivity contribution in [3.63, 3.8) is 0 Å². The molecule has 8 heteroatoms. The fourth-order valence-corrected chi connectivity index (χ4v) is 7.93. The van der Waals surface area contributed by atoms with Crippen molar-refractivity contribution in [2.45, 2.75) is 46.6 Å². The van der Waals surface area contributed by atoms with Crippen LogP contribution in [0.5, 0.6) is 5.75 Å². The minimum absolute atomic E-state index is 0.0581. The Hall–Kier alpha value is -3.49. The second-order valence-electron chi connectivity index (χ2n) is 12.2. The van der Waals surface area contributed by atoms with Crippen LogP contribution >= 0.6 is 11.3 Å². The van der Waals surface area contributed by atoms with Crippen LogP contribution in [0.2, 0.25) is 0 Å². The van der Waals surface area contributed by atoms with Crippen molar-refractivity contribution in [2.75, 3.05) is 44.2 Å². The SMILES string of the molecule is Cc1sc2c(c1C)C(c1ccc(N3CCC(CN4CC(COc5ccccc5)C4)CC3)cc1)=N[C@@H](C)c1nnc(C)n1-2. The molecule has 0 aliphatic carbocycles. The molecule has 4 aromatic rings. The molecular formula is C34H40N6OS. The predicted molar refractivity (Wildman–Crippen MR) is 171 cm³/mol. The maximum atomic E-state index is 5.96. The first-order valence-corrected chi connectivity index (χ1v) is 16.1. The van der Waals surface area contributed by atoms with Gasteiger partial charge in [-0.3, -0.25) is 9.56 Å². The maximum absolute atomic E-state index is 5.96. The normalized spacial score (nSPS) is 19.6. The Balaban J connectivity index is 0.965. The van der Waals surface area contributed by atoms with Gasteiger partial charge in [0, 0.05) is 60.3 Å². The number of aryl methyl sites for hydroxylation is 2. The molecule has 0 spiro atoms. The zero-order chi connectivity index (χ0) is 28.8. The van der Waals surface area contributed by atoms with E-state index in [1.54, 1.807) is 0 Å². The molecule has 0 radical (unpaired) electrons. The summed E-state index contributed by atoms with van der Waals surface area (Å²) in [6, 6.07) is 19.2. The lowest BCUT2D eigenvalue weighted by molar-refractivity contribution is 0.0454. The van der Waals surface area contributed by atoms with Gasteiger partial charge in [0.15, 0.2) is 5.82 Å². The number of nitrogens with zero attached hydrogens (tertiary/aromatic N) is 6. The molecule has 1 atom stereocenters. The molecule has 0 N–H and O–H groups in total. The molecule has 2 saturated heterocycles. The smallest absolute Gasteiger partial charge is 0.162 e. The summed E-state index contributed by atoms with van der Waals surface area (Å²) in [5, 5.41) is 10.1. The second kappa shape index (κ2) is 11.3. The minimum atomic E-state index is -0.0581. The molecule has 3 aliphatic rings. The fraction of sp³-hybridized carbons (Fsp3) is 0.441. The Morgan fingerprint density at radius 2 is 1.64 bits per heavy atom. The summed E-state index contributed by atoms with van der Waals surface area (Å²) in [4.78, 5) is 11.7. The van der Waals surface area contributed by atoms with E-state index in [1.165, 1.54) is 64.7 Å². The molecule has 218 valence electrons. The van der Waals surface area contributed by atoms with Gasteiger partial charge < -0.3 is 14.5 Å². The van der Waals surface area contributed by atoms with Gasteiger partial charge in [0.25, 0.3) is 0 Å². The molecule has 2 aromatic carbocycles. The van der Waals surface area contributed by atoms with Crippen LogP contribution in [-0.4, -0.2) is 64.7 Å². The van der Waals surface area contributed by atoms with Crippen molar-refractivity contribution in [1.82, 2.24) is 19.7 Å². The van der Waals surface area contributed by atoms with Gasteiger partial charge in [-0.1, -0.05) is 30.3 Å². The maximum Gasteiger partial charge on any atom is 0.162 e. The highest BCUT2D eigenvalue weighted by Gasteiger charge is 2.31. The van der Waals surface area contributed by atoms with Gasteiger partial charge in [0.05, 0.1) is 12.3 Å². The number of fused-ring (bicyclic) bond motifs is 3. The highest BCUT2D eigenvalue weighted by molar-refractivity contribution is 7.15. The lowest BCUT2D eigenvalue weighted by Crippen LogP contribution is -2.51. The summed E-state index contributed by atoms with van der Waals surface area (Å²) < 4.78 is 8.17. The van der Waals surface area contributed by atoms with Crippen molar-refractivity contribution >= 4 is 22.7 Å². The summed E-state index contributed by atoms with van der Waals surface area (Å²) in [7, 11) is 0. The van der Waals surface area contributed by atoms with E-state index >= 15 is 0 Å². The molecule has 42 heavy (non-hydrogen) atoms. The van der Waals surface area contributed by atoms with E-state index in [2.05, 4.69) is 69.6 Å². The molecular weight excluding hydrogens is 540 g/mol.